The van der Waals surface area contributed by atoms with E-state index in [1.54, 1.807) is 17.4 Å². The van der Waals surface area contributed by atoms with Gasteiger partial charge in [0.05, 0.1) is 23.4 Å². The van der Waals surface area contributed by atoms with Crippen molar-refractivity contribution in [2.45, 2.75) is 19.3 Å². The lowest BCUT2D eigenvalue weighted by molar-refractivity contribution is 0.621. The van der Waals surface area contributed by atoms with Crippen LogP contribution in [0.3, 0.4) is 0 Å². The Kier molecular flexibility index (Phi) is 4.19. The Labute approximate surface area is 115 Å². The molecule has 2 nitrogen and oxygen atoms in total. The van der Waals surface area contributed by atoms with Crippen LogP contribution in [0.25, 0.3) is 0 Å². The minimum absolute atomic E-state index is 0.238. The maximum Gasteiger partial charge on any atom is 0.146 e. The van der Waals surface area contributed by atoms with Crippen LogP contribution in [0, 0.1) is 12.7 Å². The molecule has 18 heavy (non-hydrogen) atoms. The van der Waals surface area contributed by atoms with Gasteiger partial charge in [-0.25, -0.2) is 9.37 Å². The first-order valence-corrected chi connectivity index (χ1v) is 6.98. The summed E-state index contributed by atoms with van der Waals surface area (Å²) in [6.45, 7) is 2.60. The van der Waals surface area contributed by atoms with E-state index in [1.807, 2.05) is 30.4 Å². The summed E-state index contributed by atoms with van der Waals surface area (Å²) in [5.74, 6) is 0.0665. The maximum atomic E-state index is 13.9. The van der Waals surface area contributed by atoms with Crippen molar-refractivity contribution in [3.05, 3.63) is 45.7 Å². The van der Waals surface area contributed by atoms with E-state index in [0.29, 0.717) is 18.1 Å². The van der Waals surface area contributed by atoms with Crippen molar-refractivity contribution in [3.8, 4) is 0 Å². The van der Waals surface area contributed by atoms with Gasteiger partial charge in [0.25, 0.3) is 0 Å². The largest absolute Gasteiger partial charge is 0.367 e. The van der Waals surface area contributed by atoms with Crippen molar-refractivity contribution in [2.75, 3.05) is 11.9 Å². The number of benzene rings is 1. The van der Waals surface area contributed by atoms with Crippen molar-refractivity contribution in [3.63, 3.8) is 0 Å². The zero-order valence-corrected chi connectivity index (χ0v) is 11.9. The number of para-hydroxylation sites is 1. The van der Waals surface area contributed by atoms with Gasteiger partial charge in [0.15, 0.2) is 0 Å². The first kappa shape index (κ1) is 13.3. The van der Waals surface area contributed by atoms with E-state index in [2.05, 4.69) is 4.98 Å². The van der Waals surface area contributed by atoms with E-state index >= 15 is 0 Å². The van der Waals surface area contributed by atoms with Crippen LogP contribution < -0.4 is 4.90 Å². The summed E-state index contributed by atoms with van der Waals surface area (Å²) in [6.07, 6.45) is 0. The Bertz CT molecular complexity index is 542. The Morgan fingerprint density at radius 3 is 2.83 bits per heavy atom. The van der Waals surface area contributed by atoms with Crippen molar-refractivity contribution >= 4 is 28.6 Å². The molecule has 0 aliphatic heterocycles. The molecule has 0 aliphatic carbocycles. The molecule has 96 valence electrons. The highest BCUT2D eigenvalue weighted by molar-refractivity contribution is 7.09. The molecule has 0 unspecified atom stereocenters. The van der Waals surface area contributed by atoms with Crippen LogP contribution in [0.1, 0.15) is 16.1 Å². The highest BCUT2D eigenvalue weighted by atomic mass is 35.5. The number of hydrogen-bond acceptors (Lipinski definition) is 3. The van der Waals surface area contributed by atoms with Crippen LogP contribution in [0.15, 0.2) is 23.7 Å². The van der Waals surface area contributed by atoms with Gasteiger partial charge in [-0.1, -0.05) is 12.1 Å². The van der Waals surface area contributed by atoms with Gasteiger partial charge in [-0.15, -0.1) is 22.9 Å². The molecule has 2 aromatic rings. The standard InChI is InChI=1S/C13H14ClFN2S/c1-9-12(18-8-16-9)7-17(2)13-10(6-14)4-3-5-11(13)15/h3-5,8H,6-7H2,1-2H3. The van der Waals surface area contributed by atoms with Crippen molar-refractivity contribution in [1.82, 2.24) is 4.98 Å². The molecular weight excluding hydrogens is 271 g/mol. The molecule has 0 N–H and O–H groups in total. The Hall–Kier alpha value is -1.13. The lowest BCUT2D eigenvalue weighted by atomic mass is 10.1. The third-order valence-corrected chi connectivity index (χ3v) is 4.03. The molecule has 0 saturated heterocycles. The Morgan fingerprint density at radius 2 is 2.22 bits per heavy atom. The second-order valence-corrected chi connectivity index (χ2v) is 5.30. The van der Waals surface area contributed by atoms with Crippen molar-refractivity contribution in [2.24, 2.45) is 0 Å². The number of rotatable bonds is 4. The van der Waals surface area contributed by atoms with E-state index < -0.39 is 0 Å². The number of alkyl halides is 1. The summed E-state index contributed by atoms with van der Waals surface area (Å²) in [4.78, 5) is 7.22. The quantitative estimate of drug-likeness (QED) is 0.790. The summed E-state index contributed by atoms with van der Waals surface area (Å²) in [7, 11) is 1.87. The Balaban J connectivity index is 2.29. The highest BCUT2D eigenvalue weighted by Gasteiger charge is 2.14. The zero-order valence-electron chi connectivity index (χ0n) is 10.3. The fraction of sp³-hybridized carbons (Fsp3) is 0.308. The molecule has 0 amide bonds. The van der Waals surface area contributed by atoms with Crippen LogP contribution in [-0.2, 0) is 12.4 Å². The predicted octanol–water partition coefficient (Wildman–Crippen LogP) is 3.97. The number of aryl methyl sites for hydroxylation is 1. The zero-order chi connectivity index (χ0) is 13.1. The van der Waals surface area contributed by atoms with Gasteiger partial charge < -0.3 is 4.90 Å². The van der Waals surface area contributed by atoms with Crippen LogP contribution in [0.4, 0.5) is 10.1 Å². The smallest absolute Gasteiger partial charge is 0.146 e. The molecule has 0 radical (unpaired) electrons. The van der Waals surface area contributed by atoms with E-state index in [4.69, 9.17) is 11.6 Å². The summed E-state index contributed by atoms with van der Waals surface area (Å²) in [6, 6.07) is 4.99. The van der Waals surface area contributed by atoms with Crippen molar-refractivity contribution in [1.29, 1.82) is 0 Å². The van der Waals surface area contributed by atoms with E-state index in [1.165, 1.54) is 6.07 Å². The maximum absolute atomic E-state index is 13.9. The Morgan fingerprint density at radius 1 is 1.44 bits per heavy atom. The summed E-state index contributed by atoms with van der Waals surface area (Å²) in [5, 5.41) is 0. The molecule has 0 aliphatic rings. The van der Waals surface area contributed by atoms with Gasteiger partial charge in [0.1, 0.15) is 5.82 Å². The molecule has 1 heterocycles. The van der Waals surface area contributed by atoms with Crippen LogP contribution in [0.5, 0.6) is 0 Å². The van der Waals surface area contributed by atoms with Crippen molar-refractivity contribution < 1.29 is 4.39 Å². The summed E-state index contributed by atoms with van der Waals surface area (Å²) >= 11 is 7.44. The van der Waals surface area contributed by atoms with Crippen LogP contribution >= 0.6 is 22.9 Å². The number of anilines is 1. The number of nitrogens with zero attached hydrogens (tertiary/aromatic N) is 2. The molecule has 5 heteroatoms. The minimum atomic E-state index is -0.238. The molecule has 0 bridgehead atoms. The topological polar surface area (TPSA) is 16.1 Å². The van der Waals surface area contributed by atoms with E-state index in [-0.39, 0.29) is 5.82 Å². The number of halogens is 2. The average molecular weight is 285 g/mol. The lowest BCUT2D eigenvalue weighted by Gasteiger charge is -2.22. The van der Waals surface area contributed by atoms with E-state index in [9.17, 15) is 4.39 Å². The third-order valence-electron chi connectivity index (χ3n) is 2.82. The summed E-state index contributed by atoms with van der Waals surface area (Å²) < 4.78 is 13.9. The second-order valence-electron chi connectivity index (χ2n) is 4.10. The van der Waals surface area contributed by atoms with Gasteiger partial charge in [-0.05, 0) is 18.6 Å². The number of hydrogen-bond donors (Lipinski definition) is 0. The molecule has 0 atom stereocenters. The molecule has 0 saturated carbocycles. The number of thiazole rings is 1. The molecule has 0 fully saturated rings. The molecular formula is C13H14ClFN2S. The number of aromatic nitrogens is 1. The lowest BCUT2D eigenvalue weighted by Crippen LogP contribution is -2.19. The van der Waals surface area contributed by atoms with E-state index in [0.717, 1.165) is 16.1 Å². The summed E-state index contributed by atoms with van der Waals surface area (Å²) in [5.41, 5.74) is 4.18. The SMILES string of the molecule is Cc1ncsc1CN(C)c1c(F)cccc1CCl. The third kappa shape index (κ3) is 2.65. The first-order chi connectivity index (χ1) is 8.63. The van der Waals surface area contributed by atoms with Gasteiger partial charge in [0, 0.05) is 17.8 Å². The van der Waals surface area contributed by atoms with Crippen LogP contribution in [0.2, 0.25) is 0 Å². The first-order valence-electron chi connectivity index (χ1n) is 5.57. The van der Waals surface area contributed by atoms with Gasteiger partial charge >= 0.3 is 0 Å². The molecule has 1 aromatic heterocycles. The van der Waals surface area contributed by atoms with Crippen LogP contribution in [-0.4, -0.2) is 12.0 Å². The normalized spacial score (nSPS) is 10.7. The second kappa shape index (κ2) is 5.67. The molecule has 0 spiro atoms. The van der Waals surface area contributed by atoms with Gasteiger partial charge in [0.2, 0.25) is 0 Å². The highest BCUT2D eigenvalue weighted by Crippen LogP contribution is 2.27. The average Bonchev–Trinajstić information content (AvgIpc) is 2.74. The molecule has 2 rings (SSSR count). The van der Waals surface area contributed by atoms with Gasteiger partial charge in [-0.3, -0.25) is 0 Å². The molecule has 1 aromatic carbocycles. The monoisotopic (exact) mass is 284 g/mol. The minimum Gasteiger partial charge on any atom is -0.367 e. The fourth-order valence-corrected chi connectivity index (χ4v) is 2.91. The fourth-order valence-electron chi connectivity index (χ4n) is 1.87. The predicted molar refractivity (Wildman–Crippen MR) is 74.9 cm³/mol. The van der Waals surface area contributed by atoms with Gasteiger partial charge in [-0.2, -0.15) is 0 Å².